The molecule has 5 heteroatoms. The molecule has 1 aliphatic carbocycles. The number of carbonyl (C=O) groups excluding carboxylic acids is 2. The molecule has 5 nitrogen and oxygen atoms in total. The number of fused-ring (bicyclic) bond motifs is 1. The first-order valence-electron chi connectivity index (χ1n) is 7.20. The Hall–Kier alpha value is -1.26. The van der Waals surface area contributed by atoms with Crippen molar-refractivity contribution in [2.45, 2.75) is 65.2 Å². The van der Waals surface area contributed by atoms with Crippen LogP contribution >= 0.6 is 0 Å². The molecule has 20 heavy (non-hydrogen) atoms. The third-order valence-electron chi connectivity index (χ3n) is 3.61. The fourth-order valence-corrected chi connectivity index (χ4v) is 2.87. The molecule has 0 aromatic rings. The molecule has 2 bridgehead atoms. The van der Waals surface area contributed by atoms with Gasteiger partial charge in [-0.3, -0.25) is 4.79 Å². The normalized spacial score (nSPS) is 28.9. The largest absolute Gasteiger partial charge is 0.460 e. The van der Waals surface area contributed by atoms with Crippen LogP contribution in [0.15, 0.2) is 0 Å². The van der Waals surface area contributed by atoms with Gasteiger partial charge in [0, 0.05) is 12.6 Å². The quantitative estimate of drug-likeness (QED) is 0.694. The summed E-state index contributed by atoms with van der Waals surface area (Å²) in [5.41, 5.74) is -0.992. The first-order chi connectivity index (χ1) is 8.98. The Balaban J connectivity index is 1.97. The molecule has 0 aromatic heterocycles. The average molecular weight is 283 g/mol. The number of hydrogen-bond acceptors (Lipinski definition) is 4. The van der Waals surface area contributed by atoms with Crippen LogP contribution in [0.25, 0.3) is 0 Å². The van der Waals surface area contributed by atoms with Gasteiger partial charge in [0.05, 0.1) is 5.92 Å². The number of nitrogens with zero attached hydrogens (tertiary/aromatic N) is 1. The number of hydrogen-bond donors (Lipinski definition) is 0. The summed E-state index contributed by atoms with van der Waals surface area (Å²) in [6.07, 6.45) is 0.555. The lowest BCUT2D eigenvalue weighted by molar-refractivity contribution is -0.165. The molecular formula is C15H25NO4. The topological polar surface area (TPSA) is 55.8 Å². The minimum atomic E-state index is -0.508. The highest BCUT2D eigenvalue weighted by molar-refractivity contribution is 5.79. The molecule has 3 atom stereocenters. The fourth-order valence-electron chi connectivity index (χ4n) is 2.87. The van der Waals surface area contributed by atoms with E-state index in [9.17, 15) is 9.59 Å². The molecule has 3 aliphatic rings. The van der Waals surface area contributed by atoms with Gasteiger partial charge in [0.15, 0.2) is 0 Å². The number of ether oxygens (including phenoxy) is 2. The minimum Gasteiger partial charge on any atom is -0.460 e. The SMILES string of the molecule is CC(C)(C)OC(=O)[C@@H]1[C@H]2C[C@@H]1N(C(=O)OC(C)(C)C)C2. The van der Waals surface area contributed by atoms with E-state index < -0.39 is 11.2 Å². The van der Waals surface area contributed by atoms with Crippen LogP contribution in [-0.4, -0.2) is 40.8 Å². The first kappa shape index (κ1) is 15.1. The second-order valence-electron chi connectivity index (χ2n) is 7.76. The zero-order valence-corrected chi connectivity index (χ0v) is 13.2. The molecular weight excluding hydrogens is 258 g/mol. The number of esters is 1. The summed E-state index contributed by atoms with van der Waals surface area (Å²) >= 11 is 0. The molecule has 0 spiro atoms. The van der Waals surface area contributed by atoms with Gasteiger partial charge in [-0.2, -0.15) is 0 Å². The van der Waals surface area contributed by atoms with Crippen molar-refractivity contribution in [1.29, 1.82) is 0 Å². The van der Waals surface area contributed by atoms with Gasteiger partial charge in [-0.1, -0.05) is 0 Å². The summed E-state index contributed by atoms with van der Waals surface area (Å²) in [5, 5.41) is 0. The zero-order chi connectivity index (χ0) is 15.3. The van der Waals surface area contributed by atoms with Crippen molar-refractivity contribution in [2.75, 3.05) is 6.54 Å². The van der Waals surface area contributed by atoms with Crippen LogP contribution in [0.5, 0.6) is 0 Å². The lowest BCUT2D eigenvalue weighted by Crippen LogP contribution is -2.48. The zero-order valence-electron chi connectivity index (χ0n) is 13.2. The maximum atomic E-state index is 12.2. The van der Waals surface area contributed by atoms with Gasteiger partial charge in [-0.25, -0.2) is 4.79 Å². The first-order valence-corrected chi connectivity index (χ1v) is 7.20. The highest BCUT2D eigenvalue weighted by Crippen LogP contribution is 2.47. The smallest absolute Gasteiger partial charge is 0.410 e. The van der Waals surface area contributed by atoms with E-state index in [0.717, 1.165) is 6.42 Å². The van der Waals surface area contributed by atoms with Gasteiger partial charge in [0.2, 0.25) is 0 Å². The van der Waals surface area contributed by atoms with Crippen LogP contribution in [0.2, 0.25) is 0 Å². The van der Waals surface area contributed by atoms with Crippen molar-refractivity contribution >= 4 is 12.1 Å². The van der Waals surface area contributed by atoms with Crippen LogP contribution < -0.4 is 0 Å². The van der Waals surface area contributed by atoms with E-state index in [1.54, 1.807) is 4.90 Å². The second kappa shape index (κ2) is 4.64. The standard InChI is InChI=1S/C15H25NO4/c1-14(2,3)19-12(17)11-9-7-10(11)16(8-9)13(18)20-15(4,5)6/h9-11H,7-8H2,1-6H3/t9-,10-,11+/m0/s1. The fraction of sp³-hybridized carbons (Fsp3) is 0.867. The van der Waals surface area contributed by atoms with Gasteiger partial charge in [0.1, 0.15) is 11.2 Å². The molecule has 114 valence electrons. The van der Waals surface area contributed by atoms with E-state index in [0.29, 0.717) is 6.54 Å². The summed E-state index contributed by atoms with van der Waals surface area (Å²) in [7, 11) is 0. The Morgan fingerprint density at radius 3 is 2.05 bits per heavy atom. The molecule has 0 N–H and O–H groups in total. The summed E-state index contributed by atoms with van der Waals surface area (Å²) in [4.78, 5) is 25.9. The van der Waals surface area contributed by atoms with Gasteiger partial charge >= 0.3 is 12.1 Å². The van der Waals surface area contributed by atoms with Crippen LogP contribution in [0.3, 0.4) is 0 Å². The summed E-state index contributed by atoms with van der Waals surface area (Å²) < 4.78 is 10.8. The summed E-state index contributed by atoms with van der Waals surface area (Å²) in [6, 6.07) is -0.0512. The Kier molecular flexibility index (Phi) is 3.51. The molecule has 2 heterocycles. The summed E-state index contributed by atoms with van der Waals surface area (Å²) in [5.74, 6) is -0.145. The van der Waals surface area contributed by atoms with E-state index in [1.807, 2.05) is 41.5 Å². The van der Waals surface area contributed by atoms with Crippen LogP contribution in [0, 0.1) is 11.8 Å². The predicted octanol–water partition coefficient (Wildman–Crippen LogP) is 2.58. The molecule has 3 fully saturated rings. The van der Waals surface area contributed by atoms with Crippen molar-refractivity contribution < 1.29 is 19.1 Å². The van der Waals surface area contributed by atoms with Gasteiger partial charge in [-0.15, -0.1) is 0 Å². The van der Waals surface area contributed by atoms with E-state index >= 15 is 0 Å². The maximum Gasteiger partial charge on any atom is 0.410 e. The van der Waals surface area contributed by atoms with Crippen molar-refractivity contribution in [2.24, 2.45) is 11.8 Å². The highest BCUT2D eigenvalue weighted by atomic mass is 16.6. The van der Waals surface area contributed by atoms with Gasteiger partial charge in [-0.05, 0) is 53.9 Å². The lowest BCUT2D eigenvalue weighted by atomic mass is 9.74. The average Bonchev–Trinajstić information content (AvgIpc) is 2.66. The Bertz CT molecular complexity index is 389. The van der Waals surface area contributed by atoms with Crippen molar-refractivity contribution in [3.63, 3.8) is 0 Å². The van der Waals surface area contributed by atoms with E-state index in [1.165, 1.54) is 0 Å². The Labute approximate surface area is 120 Å². The van der Waals surface area contributed by atoms with Crippen molar-refractivity contribution in [3.05, 3.63) is 0 Å². The minimum absolute atomic E-state index is 0.0512. The molecule has 2 saturated heterocycles. The summed E-state index contributed by atoms with van der Waals surface area (Å²) in [6.45, 7) is 11.7. The molecule has 3 rings (SSSR count). The van der Waals surface area contributed by atoms with Gasteiger partial charge < -0.3 is 14.4 Å². The molecule has 0 aromatic carbocycles. The Morgan fingerprint density at radius 2 is 1.55 bits per heavy atom. The van der Waals surface area contributed by atoms with Crippen LogP contribution in [0.1, 0.15) is 48.0 Å². The Morgan fingerprint density at radius 1 is 1.00 bits per heavy atom. The highest BCUT2D eigenvalue weighted by Gasteiger charge is 2.58. The second-order valence-corrected chi connectivity index (χ2v) is 7.76. The lowest BCUT2D eigenvalue weighted by Gasteiger charge is -2.36. The number of amides is 1. The maximum absolute atomic E-state index is 12.2. The third-order valence-corrected chi connectivity index (χ3v) is 3.61. The molecule has 1 saturated carbocycles. The van der Waals surface area contributed by atoms with E-state index in [4.69, 9.17) is 9.47 Å². The van der Waals surface area contributed by atoms with Crippen LogP contribution in [0.4, 0.5) is 4.79 Å². The molecule has 2 aliphatic heterocycles. The number of rotatable bonds is 1. The van der Waals surface area contributed by atoms with Gasteiger partial charge in [0.25, 0.3) is 0 Å². The predicted molar refractivity (Wildman–Crippen MR) is 74.2 cm³/mol. The third kappa shape index (κ3) is 3.07. The molecule has 0 unspecified atom stereocenters. The van der Waals surface area contributed by atoms with E-state index in [2.05, 4.69) is 0 Å². The number of carbonyl (C=O) groups is 2. The van der Waals surface area contributed by atoms with Crippen molar-refractivity contribution in [3.8, 4) is 0 Å². The molecule has 0 radical (unpaired) electrons. The molecule has 1 amide bonds. The van der Waals surface area contributed by atoms with Crippen molar-refractivity contribution in [1.82, 2.24) is 4.90 Å². The van der Waals surface area contributed by atoms with Crippen LogP contribution in [-0.2, 0) is 14.3 Å². The van der Waals surface area contributed by atoms with E-state index in [-0.39, 0.29) is 29.9 Å². The monoisotopic (exact) mass is 283 g/mol.